The number of ether oxygens (including phenoxy) is 1. The number of aromatic nitrogens is 3. The number of nitrogens with zero attached hydrogens (tertiary/aromatic N) is 3. The van der Waals surface area contributed by atoms with Gasteiger partial charge in [-0.05, 0) is 32.8 Å². The first-order valence-electron chi connectivity index (χ1n) is 7.43. The monoisotopic (exact) mass is 335 g/mol. The van der Waals surface area contributed by atoms with E-state index in [1.54, 1.807) is 13.8 Å². The zero-order valence-electron chi connectivity index (χ0n) is 13.7. The minimum absolute atomic E-state index is 0.353. The highest BCUT2D eigenvalue weighted by Gasteiger charge is 2.18. The summed E-state index contributed by atoms with van der Waals surface area (Å²) in [5.41, 5.74) is 2.20. The molecular formula is C17H22ClN3O2. The molecule has 1 N–H and O–H groups in total. The van der Waals surface area contributed by atoms with Gasteiger partial charge in [0, 0.05) is 13.3 Å². The molecule has 0 aliphatic heterocycles. The average Bonchev–Trinajstić information content (AvgIpc) is 3.13. The molecule has 2 aromatic heterocycles. The molecule has 5 nitrogen and oxygen atoms in total. The molecule has 1 unspecified atom stereocenters. The van der Waals surface area contributed by atoms with Crippen LogP contribution < -0.4 is 0 Å². The van der Waals surface area contributed by atoms with Crippen LogP contribution in [0, 0.1) is 0 Å². The van der Waals surface area contributed by atoms with Gasteiger partial charge in [0.1, 0.15) is 17.1 Å². The summed E-state index contributed by atoms with van der Waals surface area (Å²) in [5, 5.41) is 10.0. The van der Waals surface area contributed by atoms with E-state index in [2.05, 4.69) is 31.9 Å². The summed E-state index contributed by atoms with van der Waals surface area (Å²) in [7, 11) is 1.46. The van der Waals surface area contributed by atoms with E-state index in [0.717, 1.165) is 23.9 Å². The minimum atomic E-state index is -0.958. The van der Waals surface area contributed by atoms with Crippen molar-refractivity contribution < 1.29 is 9.84 Å². The van der Waals surface area contributed by atoms with Gasteiger partial charge in [-0.25, -0.2) is 9.97 Å². The normalized spacial score (nSPS) is 17.6. The molecule has 0 radical (unpaired) electrons. The van der Waals surface area contributed by atoms with Crippen LogP contribution in [0.25, 0.3) is 11.0 Å². The SMILES string of the molecule is C=CC1=CC(n2ccc3c(Cl)ncnc32)CC1.COC(C)(C)O. The van der Waals surface area contributed by atoms with Crippen molar-refractivity contribution in [1.82, 2.24) is 14.5 Å². The Labute approximate surface area is 141 Å². The Balaban J connectivity index is 0.000000277. The van der Waals surface area contributed by atoms with Crippen molar-refractivity contribution in [2.45, 2.75) is 38.5 Å². The lowest BCUT2D eigenvalue weighted by Gasteiger charge is -2.12. The summed E-state index contributed by atoms with van der Waals surface area (Å²) in [4.78, 5) is 8.30. The molecule has 0 spiro atoms. The maximum atomic E-state index is 8.60. The maximum absolute atomic E-state index is 8.60. The number of methoxy groups -OCH3 is 1. The van der Waals surface area contributed by atoms with Gasteiger partial charge >= 0.3 is 0 Å². The molecule has 0 saturated heterocycles. The van der Waals surface area contributed by atoms with E-state index in [0.29, 0.717) is 11.2 Å². The molecule has 2 aromatic rings. The lowest BCUT2D eigenvalue weighted by molar-refractivity contribution is -0.155. The fraction of sp³-hybridized carbons (Fsp3) is 0.412. The van der Waals surface area contributed by atoms with Crippen molar-refractivity contribution in [1.29, 1.82) is 0 Å². The van der Waals surface area contributed by atoms with Gasteiger partial charge in [0.2, 0.25) is 0 Å². The Bertz CT molecular complexity index is 716. The third-order valence-corrected chi connectivity index (χ3v) is 4.02. The molecule has 6 heteroatoms. The van der Waals surface area contributed by atoms with E-state index in [-0.39, 0.29) is 0 Å². The van der Waals surface area contributed by atoms with Gasteiger partial charge in [0.25, 0.3) is 0 Å². The Hall–Kier alpha value is -1.69. The Morgan fingerprint density at radius 2 is 2.17 bits per heavy atom. The van der Waals surface area contributed by atoms with Gasteiger partial charge < -0.3 is 14.4 Å². The van der Waals surface area contributed by atoms with Crippen LogP contribution >= 0.6 is 11.6 Å². The molecule has 1 aliphatic rings. The number of rotatable bonds is 3. The van der Waals surface area contributed by atoms with Crippen molar-refractivity contribution in [2.75, 3.05) is 7.11 Å². The van der Waals surface area contributed by atoms with Crippen LogP contribution in [-0.4, -0.2) is 32.5 Å². The smallest absolute Gasteiger partial charge is 0.159 e. The molecule has 23 heavy (non-hydrogen) atoms. The molecule has 1 atom stereocenters. The van der Waals surface area contributed by atoms with Crippen LogP contribution in [0.2, 0.25) is 5.15 Å². The first-order valence-corrected chi connectivity index (χ1v) is 7.81. The van der Waals surface area contributed by atoms with Crippen molar-refractivity contribution in [3.05, 3.63) is 48.0 Å². The first-order chi connectivity index (χ1) is 10.9. The van der Waals surface area contributed by atoms with Gasteiger partial charge in [0.05, 0.1) is 11.4 Å². The van der Waals surface area contributed by atoms with Gasteiger partial charge in [0.15, 0.2) is 5.79 Å². The number of hydrogen-bond donors (Lipinski definition) is 1. The van der Waals surface area contributed by atoms with Gasteiger partial charge in [-0.3, -0.25) is 0 Å². The molecule has 3 rings (SSSR count). The Kier molecular flexibility index (Phi) is 5.57. The zero-order chi connectivity index (χ0) is 17.0. The fourth-order valence-corrected chi connectivity index (χ4v) is 2.52. The van der Waals surface area contributed by atoms with Crippen LogP contribution in [-0.2, 0) is 4.74 Å². The lowest BCUT2D eigenvalue weighted by Crippen LogP contribution is -2.20. The molecular weight excluding hydrogens is 314 g/mol. The van der Waals surface area contributed by atoms with E-state index in [4.69, 9.17) is 16.7 Å². The number of aliphatic hydroxyl groups is 1. The van der Waals surface area contributed by atoms with Crippen molar-refractivity contribution in [2.24, 2.45) is 0 Å². The number of fused-ring (bicyclic) bond motifs is 1. The second kappa shape index (κ2) is 7.25. The molecule has 0 bridgehead atoms. The maximum Gasteiger partial charge on any atom is 0.159 e. The van der Waals surface area contributed by atoms with E-state index in [1.807, 2.05) is 18.3 Å². The second-order valence-electron chi connectivity index (χ2n) is 5.83. The highest BCUT2D eigenvalue weighted by molar-refractivity contribution is 6.33. The van der Waals surface area contributed by atoms with Crippen LogP contribution in [0.5, 0.6) is 0 Å². The fourth-order valence-electron chi connectivity index (χ4n) is 2.33. The minimum Gasteiger partial charge on any atom is -0.366 e. The zero-order valence-corrected chi connectivity index (χ0v) is 14.4. The lowest BCUT2D eigenvalue weighted by atomic mass is 10.2. The van der Waals surface area contributed by atoms with Gasteiger partial charge in [-0.15, -0.1) is 0 Å². The summed E-state index contributed by atoms with van der Waals surface area (Å²) >= 11 is 6.04. The van der Waals surface area contributed by atoms with E-state index in [9.17, 15) is 0 Å². The topological polar surface area (TPSA) is 60.2 Å². The quantitative estimate of drug-likeness (QED) is 0.682. The van der Waals surface area contributed by atoms with Crippen LogP contribution in [0.3, 0.4) is 0 Å². The molecule has 0 amide bonds. The van der Waals surface area contributed by atoms with Crippen molar-refractivity contribution >= 4 is 22.6 Å². The largest absolute Gasteiger partial charge is 0.366 e. The number of allylic oxidation sites excluding steroid dienone is 3. The van der Waals surface area contributed by atoms with Gasteiger partial charge in [-0.2, -0.15) is 0 Å². The summed E-state index contributed by atoms with van der Waals surface area (Å²) in [6.07, 6.45) is 9.86. The molecule has 2 heterocycles. The molecule has 124 valence electrons. The molecule has 0 aromatic carbocycles. The first kappa shape index (κ1) is 17.7. The summed E-state index contributed by atoms with van der Waals surface area (Å²) in [6, 6.07) is 2.32. The molecule has 0 saturated carbocycles. The highest BCUT2D eigenvalue weighted by Crippen LogP contribution is 2.32. The van der Waals surface area contributed by atoms with Crippen LogP contribution in [0.15, 0.2) is 42.9 Å². The Morgan fingerprint density at radius 1 is 1.48 bits per heavy atom. The number of hydrogen-bond acceptors (Lipinski definition) is 4. The number of halogens is 1. The average molecular weight is 336 g/mol. The van der Waals surface area contributed by atoms with E-state index < -0.39 is 5.79 Å². The van der Waals surface area contributed by atoms with Crippen molar-refractivity contribution in [3.8, 4) is 0 Å². The molecule has 1 aliphatic carbocycles. The van der Waals surface area contributed by atoms with E-state index in [1.165, 1.54) is 19.0 Å². The standard InChI is InChI=1S/C13H12ClN3.C4H10O2/c1-2-9-3-4-10(7-9)17-6-5-11-12(14)15-8-16-13(11)17;1-4(2,5)6-3/h2,5-8,10H,1,3-4H2;5H,1-3H3. The van der Waals surface area contributed by atoms with E-state index >= 15 is 0 Å². The van der Waals surface area contributed by atoms with Crippen LogP contribution in [0.4, 0.5) is 0 Å². The third-order valence-electron chi connectivity index (χ3n) is 3.71. The molecule has 0 fully saturated rings. The predicted molar refractivity (Wildman–Crippen MR) is 92.4 cm³/mol. The summed E-state index contributed by atoms with van der Waals surface area (Å²) < 4.78 is 6.65. The van der Waals surface area contributed by atoms with Crippen molar-refractivity contribution in [3.63, 3.8) is 0 Å². The van der Waals surface area contributed by atoms with Gasteiger partial charge in [-0.1, -0.05) is 35.9 Å². The highest BCUT2D eigenvalue weighted by atomic mass is 35.5. The Morgan fingerprint density at radius 3 is 2.74 bits per heavy atom. The third kappa shape index (κ3) is 4.41. The van der Waals surface area contributed by atoms with Crippen LogP contribution in [0.1, 0.15) is 32.7 Å². The predicted octanol–water partition coefficient (Wildman–Crippen LogP) is 3.89. The summed E-state index contributed by atoms with van der Waals surface area (Å²) in [6.45, 7) is 6.96. The summed E-state index contributed by atoms with van der Waals surface area (Å²) in [5.74, 6) is -0.958. The second-order valence-corrected chi connectivity index (χ2v) is 6.19.